The van der Waals surface area contributed by atoms with Gasteiger partial charge in [0.1, 0.15) is 6.42 Å². The minimum atomic E-state index is -0.337. The van der Waals surface area contributed by atoms with Crippen LogP contribution in [0.5, 0.6) is 0 Å². The van der Waals surface area contributed by atoms with Crippen molar-refractivity contribution in [2.24, 2.45) is 0 Å². The zero-order chi connectivity index (χ0) is 13.9. The van der Waals surface area contributed by atoms with Crippen molar-refractivity contribution in [2.75, 3.05) is 13.1 Å². The largest absolute Gasteiger partial charge is 0.353 e. The van der Waals surface area contributed by atoms with Crippen molar-refractivity contribution in [2.45, 2.75) is 6.42 Å². The molecule has 1 rings (SSSR count). The van der Waals surface area contributed by atoms with Crippen LogP contribution in [0.15, 0.2) is 36.4 Å². The van der Waals surface area contributed by atoms with Gasteiger partial charge in [-0.1, -0.05) is 30.3 Å². The fourth-order valence-corrected chi connectivity index (χ4v) is 1.32. The van der Waals surface area contributed by atoms with Gasteiger partial charge >= 0.3 is 0 Å². The molecule has 0 radical (unpaired) electrons. The van der Waals surface area contributed by atoms with Crippen LogP contribution in [0.1, 0.15) is 12.0 Å². The average Bonchev–Trinajstić information content (AvgIpc) is 2.43. The molecule has 1 aromatic carbocycles. The lowest BCUT2D eigenvalue weighted by Gasteiger charge is -2.03. The highest BCUT2D eigenvalue weighted by atomic mass is 16.2. The molecule has 0 saturated heterocycles. The van der Waals surface area contributed by atoms with Crippen LogP contribution in [0.2, 0.25) is 0 Å². The second-order valence-corrected chi connectivity index (χ2v) is 3.72. The van der Waals surface area contributed by atoms with Gasteiger partial charge in [0, 0.05) is 19.2 Å². The maximum absolute atomic E-state index is 11.4. The SMILES string of the molecule is N#CCC(=O)NCCNC(=O)/C=C/c1ccccc1. The zero-order valence-electron chi connectivity index (χ0n) is 10.4. The fraction of sp³-hybridized carbons (Fsp3) is 0.214. The van der Waals surface area contributed by atoms with Crippen molar-refractivity contribution < 1.29 is 9.59 Å². The van der Waals surface area contributed by atoms with E-state index in [9.17, 15) is 9.59 Å². The van der Waals surface area contributed by atoms with Crippen molar-refractivity contribution in [3.05, 3.63) is 42.0 Å². The molecule has 0 heterocycles. The number of nitriles is 1. The summed E-state index contributed by atoms with van der Waals surface area (Å²) >= 11 is 0. The standard InChI is InChI=1S/C14H15N3O2/c15-9-8-14(19)17-11-10-16-13(18)7-6-12-4-2-1-3-5-12/h1-7H,8,10-11H2,(H,16,18)(H,17,19)/b7-6+. The summed E-state index contributed by atoms with van der Waals surface area (Å²) in [5, 5.41) is 13.4. The van der Waals surface area contributed by atoms with Gasteiger partial charge in [-0.3, -0.25) is 9.59 Å². The normalized spacial score (nSPS) is 9.84. The third-order valence-electron chi connectivity index (χ3n) is 2.21. The molecule has 0 aromatic heterocycles. The van der Waals surface area contributed by atoms with E-state index in [0.717, 1.165) is 5.56 Å². The number of hydrogen-bond acceptors (Lipinski definition) is 3. The van der Waals surface area contributed by atoms with Crippen LogP contribution in [0.3, 0.4) is 0 Å². The van der Waals surface area contributed by atoms with Gasteiger partial charge in [0.2, 0.25) is 11.8 Å². The summed E-state index contributed by atoms with van der Waals surface area (Å²) in [7, 11) is 0. The Kier molecular flexibility index (Phi) is 6.45. The summed E-state index contributed by atoms with van der Waals surface area (Å²) < 4.78 is 0. The Morgan fingerprint density at radius 1 is 1.16 bits per heavy atom. The van der Waals surface area contributed by atoms with Gasteiger partial charge in [0.15, 0.2) is 0 Å². The van der Waals surface area contributed by atoms with E-state index in [2.05, 4.69) is 10.6 Å². The number of rotatable bonds is 6. The Balaban J connectivity index is 2.20. The summed E-state index contributed by atoms with van der Waals surface area (Å²) in [6.07, 6.45) is 2.98. The van der Waals surface area contributed by atoms with Gasteiger partial charge in [0.05, 0.1) is 6.07 Å². The number of benzene rings is 1. The van der Waals surface area contributed by atoms with E-state index >= 15 is 0 Å². The van der Waals surface area contributed by atoms with E-state index in [1.165, 1.54) is 6.08 Å². The third-order valence-corrected chi connectivity index (χ3v) is 2.21. The fourth-order valence-electron chi connectivity index (χ4n) is 1.32. The lowest BCUT2D eigenvalue weighted by Crippen LogP contribution is -2.33. The highest BCUT2D eigenvalue weighted by Crippen LogP contribution is 2.00. The molecule has 19 heavy (non-hydrogen) atoms. The number of nitrogens with zero attached hydrogens (tertiary/aromatic N) is 1. The molecule has 98 valence electrons. The molecule has 5 heteroatoms. The van der Waals surface area contributed by atoms with Gasteiger partial charge in [-0.25, -0.2) is 0 Å². The van der Waals surface area contributed by atoms with Crippen LogP contribution < -0.4 is 10.6 Å². The van der Waals surface area contributed by atoms with Crippen LogP contribution >= 0.6 is 0 Å². The maximum Gasteiger partial charge on any atom is 0.244 e. The first-order chi connectivity index (χ1) is 9.22. The van der Waals surface area contributed by atoms with Gasteiger partial charge in [0.25, 0.3) is 0 Å². The molecule has 0 spiro atoms. The van der Waals surface area contributed by atoms with Crippen molar-refractivity contribution in [1.82, 2.24) is 10.6 Å². The Morgan fingerprint density at radius 3 is 2.53 bits per heavy atom. The highest BCUT2D eigenvalue weighted by molar-refractivity contribution is 5.91. The highest BCUT2D eigenvalue weighted by Gasteiger charge is 1.99. The number of hydrogen-bond donors (Lipinski definition) is 2. The summed E-state index contributed by atoms with van der Waals surface area (Å²) in [6.45, 7) is 0.639. The minimum absolute atomic E-state index is 0.165. The van der Waals surface area contributed by atoms with E-state index in [-0.39, 0.29) is 18.2 Å². The van der Waals surface area contributed by atoms with Crippen LogP contribution in [0, 0.1) is 11.3 Å². The van der Waals surface area contributed by atoms with E-state index in [0.29, 0.717) is 13.1 Å². The monoisotopic (exact) mass is 257 g/mol. The Bertz CT molecular complexity index is 489. The van der Waals surface area contributed by atoms with Gasteiger partial charge < -0.3 is 10.6 Å². The van der Waals surface area contributed by atoms with Crippen molar-refractivity contribution in [3.63, 3.8) is 0 Å². The van der Waals surface area contributed by atoms with Crippen LogP contribution in [-0.2, 0) is 9.59 Å². The van der Waals surface area contributed by atoms with Gasteiger partial charge in [-0.15, -0.1) is 0 Å². The summed E-state index contributed by atoms with van der Waals surface area (Å²) in [4.78, 5) is 22.4. The van der Waals surface area contributed by atoms with Crippen molar-refractivity contribution in [1.29, 1.82) is 5.26 Å². The summed E-state index contributed by atoms with van der Waals surface area (Å²) in [6, 6.07) is 11.2. The lowest BCUT2D eigenvalue weighted by atomic mass is 10.2. The molecule has 5 nitrogen and oxygen atoms in total. The van der Waals surface area contributed by atoms with Crippen molar-refractivity contribution >= 4 is 17.9 Å². The molecule has 0 aliphatic rings. The average molecular weight is 257 g/mol. The van der Waals surface area contributed by atoms with Crippen molar-refractivity contribution in [3.8, 4) is 6.07 Å². The molecule has 0 unspecified atom stereocenters. The van der Waals surface area contributed by atoms with E-state index in [4.69, 9.17) is 5.26 Å². The summed E-state index contributed by atoms with van der Waals surface area (Å²) in [5.41, 5.74) is 0.944. The van der Waals surface area contributed by atoms with Gasteiger partial charge in [-0.2, -0.15) is 5.26 Å². The Hall–Kier alpha value is -2.61. The van der Waals surface area contributed by atoms with Crippen LogP contribution in [0.25, 0.3) is 6.08 Å². The zero-order valence-corrected chi connectivity index (χ0v) is 10.4. The number of carbonyl (C=O) groups is 2. The smallest absolute Gasteiger partial charge is 0.244 e. The molecule has 1 aromatic rings. The second-order valence-electron chi connectivity index (χ2n) is 3.72. The first-order valence-corrected chi connectivity index (χ1v) is 5.87. The molecule has 0 aliphatic heterocycles. The Labute approximate surface area is 111 Å². The molecule has 0 bridgehead atoms. The van der Waals surface area contributed by atoms with E-state index < -0.39 is 0 Å². The lowest BCUT2D eigenvalue weighted by molar-refractivity contribution is -0.120. The van der Waals surface area contributed by atoms with E-state index in [1.807, 2.05) is 30.3 Å². The first-order valence-electron chi connectivity index (χ1n) is 5.87. The number of amides is 2. The molecular weight excluding hydrogens is 242 g/mol. The Morgan fingerprint density at radius 2 is 1.84 bits per heavy atom. The number of nitrogens with one attached hydrogen (secondary N) is 2. The molecule has 0 fully saturated rings. The summed E-state index contributed by atoms with van der Waals surface area (Å²) in [5.74, 6) is -0.560. The van der Waals surface area contributed by atoms with Crippen LogP contribution in [0.4, 0.5) is 0 Å². The quantitative estimate of drug-likeness (QED) is 0.585. The van der Waals surface area contributed by atoms with E-state index in [1.54, 1.807) is 12.1 Å². The molecule has 2 N–H and O–H groups in total. The van der Waals surface area contributed by atoms with Crippen LogP contribution in [-0.4, -0.2) is 24.9 Å². The molecule has 0 atom stereocenters. The minimum Gasteiger partial charge on any atom is -0.353 e. The molecule has 2 amide bonds. The maximum atomic E-state index is 11.4. The first kappa shape index (κ1) is 14.5. The second kappa shape index (κ2) is 8.48. The van der Waals surface area contributed by atoms with Gasteiger partial charge in [-0.05, 0) is 11.6 Å². The molecule has 0 saturated carbocycles. The molecule has 0 aliphatic carbocycles. The topological polar surface area (TPSA) is 82.0 Å². The third kappa shape index (κ3) is 6.64. The predicted molar refractivity (Wildman–Crippen MR) is 71.7 cm³/mol. The number of carbonyl (C=O) groups excluding carboxylic acids is 2. The predicted octanol–water partition coefficient (Wildman–Crippen LogP) is 0.846. The molecular formula is C14H15N3O2.